The Bertz CT molecular complexity index is 179. The van der Waals surface area contributed by atoms with Crippen LogP contribution in [0, 0.1) is 0 Å². The fourth-order valence-corrected chi connectivity index (χ4v) is 1.50. The standard InChI is InChI=1S/C8H17NO5/c9-6-4(11)1-2-14-8(6)7(13)5(12)3-10/h4-8,10-13H,1-3,9H2/t4?,5-,6?,7?,8?/m1/s1. The summed E-state index contributed by atoms with van der Waals surface area (Å²) >= 11 is 0. The zero-order valence-corrected chi connectivity index (χ0v) is 7.78. The van der Waals surface area contributed by atoms with Crippen LogP contribution in [0.5, 0.6) is 0 Å². The molecule has 0 radical (unpaired) electrons. The Morgan fingerprint density at radius 2 is 2.07 bits per heavy atom. The molecule has 1 fully saturated rings. The molecule has 84 valence electrons. The summed E-state index contributed by atoms with van der Waals surface area (Å²) in [4.78, 5) is 0. The van der Waals surface area contributed by atoms with E-state index in [1.165, 1.54) is 0 Å². The lowest BCUT2D eigenvalue weighted by atomic mass is 9.94. The van der Waals surface area contributed by atoms with E-state index in [-0.39, 0.29) is 6.61 Å². The molecule has 0 aromatic rings. The van der Waals surface area contributed by atoms with Gasteiger partial charge in [-0.25, -0.2) is 0 Å². The van der Waals surface area contributed by atoms with Crippen LogP contribution in [0.15, 0.2) is 0 Å². The summed E-state index contributed by atoms with van der Waals surface area (Å²) in [6, 6.07) is -0.736. The van der Waals surface area contributed by atoms with Crippen molar-refractivity contribution in [3.05, 3.63) is 0 Å². The molecule has 5 atom stereocenters. The third kappa shape index (κ3) is 2.41. The molecule has 14 heavy (non-hydrogen) atoms. The van der Waals surface area contributed by atoms with E-state index in [9.17, 15) is 10.2 Å². The molecule has 1 aliphatic rings. The Morgan fingerprint density at radius 3 is 2.64 bits per heavy atom. The SMILES string of the molecule is NC1C(O)CCOC1C(O)[C@H](O)CO. The number of aliphatic hydroxyl groups is 4. The second kappa shape index (κ2) is 5.01. The average Bonchev–Trinajstić information content (AvgIpc) is 2.20. The van der Waals surface area contributed by atoms with Gasteiger partial charge in [0.25, 0.3) is 0 Å². The zero-order chi connectivity index (χ0) is 10.7. The summed E-state index contributed by atoms with van der Waals surface area (Å²) in [5, 5.41) is 36.7. The largest absolute Gasteiger partial charge is 0.394 e. The van der Waals surface area contributed by atoms with Gasteiger partial charge in [0.15, 0.2) is 0 Å². The van der Waals surface area contributed by atoms with Crippen LogP contribution in [0.4, 0.5) is 0 Å². The average molecular weight is 207 g/mol. The van der Waals surface area contributed by atoms with E-state index in [0.29, 0.717) is 6.42 Å². The van der Waals surface area contributed by atoms with Gasteiger partial charge >= 0.3 is 0 Å². The quantitative estimate of drug-likeness (QED) is 0.341. The normalized spacial score (nSPS) is 37.9. The summed E-state index contributed by atoms with van der Waals surface area (Å²) in [6.45, 7) is -0.279. The molecule has 0 bridgehead atoms. The van der Waals surface area contributed by atoms with E-state index in [2.05, 4.69) is 0 Å². The molecule has 1 aliphatic heterocycles. The van der Waals surface area contributed by atoms with Gasteiger partial charge < -0.3 is 30.9 Å². The molecule has 0 aromatic heterocycles. The zero-order valence-electron chi connectivity index (χ0n) is 7.78. The maximum Gasteiger partial charge on any atom is 0.110 e. The van der Waals surface area contributed by atoms with Crippen LogP contribution in [-0.4, -0.2) is 64.1 Å². The second-order valence-electron chi connectivity index (χ2n) is 3.51. The van der Waals surface area contributed by atoms with Crippen molar-refractivity contribution in [1.82, 2.24) is 0 Å². The summed E-state index contributed by atoms with van der Waals surface area (Å²) in [5.74, 6) is 0. The maximum atomic E-state index is 9.50. The highest BCUT2D eigenvalue weighted by Crippen LogP contribution is 2.17. The van der Waals surface area contributed by atoms with Crippen LogP contribution < -0.4 is 5.73 Å². The summed E-state index contributed by atoms with van der Waals surface area (Å²) in [6.07, 6.45) is -3.73. The molecule has 0 aromatic carbocycles. The fourth-order valence-electron chi connectivity index (χ4n) is 1.50. The number of ether oxygens (including phenoxy) is 1. The topological polar surface area (TPSA) is 116 Å². The molecule has 4 unspecified atom stereocenters. The van der Waals surface area contributed by atoms with Gasteiger partial charge in [0.05, 0.1) is 18.8 Å². The Labute approximate surface area is 81.9 Å². The van der Waals surface area contributed by atoms with Gasteiger partial charge in [0.1, 0.15) is 18.3 Å². The van der Waals surface area contributed by atoms with E-state index in [1.54, 1.807) is 0 Å². The molecule has 0 amide bonds. The van der Waals surface area contributed by atoms with Crippen LogP contribution in [0.2, 0.25) is 0 Å². The Kier molecular flexibility index (Phi) is 4.24. The van der Waals surface area contributed by atoms with Gasteiger partial charge in [0, 0.05) is 6.61 Å². The van der Waals surface area contributed by atoms with Gasteiger partial charge in [-0.1, -0.05) is 0 Å². The molecule has 1 rings (SSSR count). The minimum Gasteiger partial charge on any atom is -0.394 e. The van der Waals surface area contributed by atoms with Crippen molar-refractivity contribution >= 4 is 0 Å². The highest BCUT2D eigenvalue weighted by molar-refractivity contribution is 4.91. The predicted molar refractivity (Wildman–Crippen MR) is 47.4 cm³/mol. The summed E-state index contributed by atoms with van der Waals surface area (Å²) in [5.41, 5.74) is 5.59. The van der Waals surface area contributed by atoms with Gasteiger partial charge in [-0.2, -0.15) is 0 Å². The number of rotatable bonds is 3. The van der Waals surface area contributed by atoms with Gasteiger partial charge in [-0.3, -0.25) is 0 Å². The summed E-state index contributed by atoms with van der Waals surface area (Å²) < 4.78 is 5.14. The molecule has 6 heteroatoms. The van der Waals surface area contributed by atoms with E-state index >= 15 is 0 Å². The Morgan fingerprint density at radius 1 is 1.43 bits per heavy atom. The van der Waals surface area contributed by atoms with Crippen molar-refractivity contribution in [3.63, 3.8) is 0 Å². The number of nitrogens with two attached hydrogens (primary N) is 1. The van der Waals surface area contributed by atoms with Gasteiger partial charge in [0.2, 0.25) is 0 Å². The smallest absolute Gasteiger partial charge is 0.110 e. The molecule has 1 saturated heterocycles. The molecule has 6 nitrogen and oxygen atoms in total. The van der Waals surface area contributed by atoms with Crippen molar-refractivity contribution in [1.29, 1.82) is 0 Å². The van der Waals surface area contributed by atoms with E-state index in [4.69, 9.17) is 20.7 Å². The molecular formula is C8H17NO5. The fraction of sp³-hybridized carbons (Fsp3) is 1.00. The minimum atomic E-state index is -1.30. The van der Waals surface area contributed by atoms with E-state index in [1.807, 2.05) is 0 Å². The van der Waals surface area contributed by atoms with Crippen molar-refractivity contribution in [2.45, 2.75) is 36.9 Å². The lowest BCUT2D eigenvalue weighted by Crippen LogP contribution is -2.58. The lowest BCUT2D eigenvalue weighted by Gasteiger charge is -2.36. The van der Waals surface area contributed by atoms with E-state index < -0.39 is 37.1 Å². The van der Waals surface area contributed by atoms with Gasteiger partial charge in [-0.05, 0) is 6.42 Å². The lowest BCUT2D eigenvalue weighted by molar-refractivity contribution is -0.145. The van der Waals surface area contributed by atoms with Gasteiger partial charge in [-0.15, -0.1) is 0 Å². The highest BCUT2D eigenvalue weighted by Gasteiger charge is 2.37. The third-order valence-corrected chi connectivity index (χ3v) is 2.47. The molecule has 0 spiro atoms. The molecule has 6 N–H and O–H groups in total. The molecular weight excluding hydrogens is 190 g/mol. The highest BCUT2D eigenvalue weighted by atomic mass is 16.5. The molecule has 0 aliphatic carbocycles. The first-order valence-electron chi connectivity index (χ1n) is 4.60. The first kappa shape index (κ1) is 11.8. The van der Waals surface area contributed by atoms with Crippen LogP contribution in [0.25, 0.3) is 0 Å². The Balaban J connectivity index is 2.57. The van der Waals surface area contributed by atoms with Crippen molar-refractivity contribution in [3.8, 4) is 0 Å². The number of aliphatic hydroxyl groups excluding tert-OH is 4. The van der Waals surface area contributed by atoms with Crippen molar-refractivity contribution in [2.24, 2.45) is 5.73 Å². The molecule has 1 heterocycles. The predicted octanol–water partition coefficient (Wildman–Crippen LogP) is -2.82. The van der Waals surface area contributed by atoms with Crippen molar-refractivity contribution < 1.29 is 25.2 Å². The third-order valence-electron chi connectivity index (χ3n) is 2.47. The van der Waals surface area contributed by atoms with Crippen molar-refractivity contribution in [2.75, 3.05) is 13.2 Å². The van der Waals surface area contributed by atoms with Crippen LogP contribution >= 0.6 is 0 Å². The number of hydrogen-bond donors (Lipinski definition) is 5. The van der Waals surface area contributed by atoms with Crippen LogP contribution in [0.1, 0.15) is 6.42 Å². The Hall–Kier alpha value is -0.240. The van der Waals surface area contributed by atoms with Crippen LogP contribution in [-0.2, 0) is 4.74 Å². The second-order valence-corrected chi connectivity index (χ2v) is 3.51. The van der Waals surface area contributed by atoms with E-state index in [0.717, 1.165) is 0 Å². The maximum absolute atomic E-state index is 9.50. The minimum absolute atomic E-state index is 0.286. The first-order chi connectivity index (χ1) is 6.57. The first-order valence-corrected chi connectivity index (χ1v) is 4.60. The monoisotopic (exact) mass is 207 g/mol. The summed E-state index contributed by atoms with van der Waals surface area (Å²) in [7, 11) is 0. The number of hydrogen-bond acceptors (Lipinski definition) is 6. The van der Waals surface area contributed by atoms with Crippen LogP contribution in [0.3, 0.4) is 0 Å². The molecule has 0 saturated carbocycles.